The molecule has 3 aromatic carbocycles. The summed E-state index contributed by atoms with van der Waals surface area (Å²) in [4.78, 5) is 24.2. The number of hydrogen-bond donors (Lipinski definition) is 5. The van der Waals surface area contributed by atoms with Crippen molar-refractivity contribution in [2.45, 2.75) is 6.10 Å². The highest BCUT2D eigenvalue weighted by molar-refractivity contribution is 6.00. The van der Waals surface area contributed by atoms with Gasteiger partial charge < -0.3 is 26.4 Å². The lowest BCUT2D eigenvalue weighted by Gasteiger charge is -2.14. The summed E-state index contributed by atoms with van der Waals surface area (Å²) in [5.74, 6) is -0.461. The van der Waals surface area contributed by atoms with Gasteiger partial charge in [-0.05, 0) is 48.0 Å². The third kappa shape index (κ3) is 6.32. The lowest BCUT2D eigenvalue weighted by molar-refractivity contribution is 0.174. The van der Waals surface area contributed by atoms with Crippen LogP contribution in [0.15, 0.2) is 78.9 Å². The van der Waals surface area contributed by atoms with Crippen LogP contribution in [0.3, 0.4) is 0 Å². The fourth-order valence-corrected chi connectivity index (χ4v) is 2.69. The number of halogens is 1. The normalized spacial score (nSPS) is 11.3. The summed E-state index contributed by atoms with van der Waals surface area (Å²) in [7, 11) is 0. The number of urea groups is 2. The number of aliphatic hydroxyl groups is 1. The predicted octanol–water partition coefficient (Wildman–Crippen LogP) is 4.32. The smallest absolute Gasteiger partial charge is 0.323 e. The first-order chi connectivity index (χ1) is 14.5. The molecule has 1 unspecified atom stereocenters. The van der Waals surface area contributed by atoms with Gasteiger partial charge in [0.05, 0.1) is 6.10 Å². The molecule has 3 rings (SSSR count). The van der Waals surface area contributed by atoms with Crippen LogP contribution in [0, 0.1) is 5.82 Å². The number of para-hydroxylation sites is 1. The monoisotopic (exact) mass is 408 g/mol. The summed E-state index contributed by atoms with van der Waals surface area (Å²) >= 11 is 0. The molecule has 0 aliphatic heterocycles. The van der Waals surface area contributed by atoms with Gasteiger partial charge in [-0.3, -0.25) is 0 Å². The highest BCUT2D eigenvalue weighted by Crippen LogP contribution is 2.16. The van der Waals surface area contributed by atoms with Gasteiger partial charge in [-0.15, -0.1) is 0 Å². The minimum Gasteiger partial charge on any atom is -0.387 e. The van der Waals surface area contributed by atoms with Crippen LogP contribution in [-0.4, -0.2) is 23.7 Å². The summed E-state index contributed by atoms with van der Waals surface area (Å²) in [5, 5.41) is 20.6. The van der Waals surface area contributed by atoms with E-state index in [-0.39, 0.29) is 6.54 Å². The molecule has 0 aromatic heterocycles. The molecule has 0 aliphatic rings. The van der Waals surface area contributed by atoms with Crippen LogP contribution in [0.4, 0.5) is 31.0 Å². The first-order valence-electron chi connectivity index (χ1n) is 9.21. The molecule has 1 atom stereocenters. The highest BCUT2D eigenvalue weighted by Gasteiger charge is 2.11. The Bertz CT molecular complexity index is 1010. The van der Waals surface area contributed by atoms with Crippen molar-refractivity contribution >= 4 is 29.1 Å². The van der Waals surface area contributed by atoms with Crippen molar-refractivity contribution in [3.8, 4) is 0 Å². The van der Waals surface area contributed by atoms with E-state index in [1.54, 1.807) is 42.5 Å². The van der Waals surface area contributed by atoms with E-state index in [0.29, 0.717) is 22.6 Å². The lowest BCUT2D eigenvalue weighted by atomic mass is 10.1. The summed E-state index contributed by atoms with van der Waals surface area (Å²) in [6.45, 7) is -0.0906. The third-order valence-corrected chi connectivity index (χ3v) is 4.10. The molecule has 154 valence electrons. The number of rotatable bonds is 6. The zero-order valence-corrected chi connectivity index (χ0v) is 15.9. The second-order valence-corrected chi connectivity index (χ2v) is 6.43. The van der Waals surface area contributed by atoms with Gasteiger partial charge in [0.15, 0.2) is 0 Å². The maximum absolute atomic E-state index is 13.2. The standard InChI is InChI=1S/C22H21FN4O3/c23-16-7-4-6-15(12-16)20(28)14-24-21(29)26-18-10-5-11-19(13-18)27-22(30)25-17-8-2-1-3-9-17/h1-13,20,28H,14H2,(H2,24,26,29)(H2,25,27,30). The number of nitrogens with one attached hydrogen (secondary N) is 4. The minimum atomic E-state index is -1.04. The fourth-order valence-electron chi connectivity index (χ4n) is 2.69. The molecule has 0 saturated carbocycles. The van der Waals surface area contributed by atoms with Gasteiger partial charge in [0.2, 0.25) is 0 Å². The van der Waals surface area contributed by atoms with Crippen molar-refractivity contribution in [2.75, 3.05) is 22.5 Å². The van der Waals surface area contributed by atoms with Crippen LogP contribution in [0.5, 0.6) is 0 Å². The Labute approximate surface area is 172 Å². The molecular formula is C22H21FN4O3. The van der Waals surface area contributed by atoms with E-state index in [9.17, 15) is 19.1 Å². The Kier molecular flexibility index (Phi) is 6.96. The van der Waals surface area contributed by atoms with Crippen molar-refractivity contribution in [3.05, 3.63) is 90.2 Å². The lowest BCUT2D eigenvalue weighted by Crippen LogP contribution is -2.32. The van der Waals surface area contributed by atoms with Crippen LogP contribution in [-0.2, 0) is 0 Å². The quantitative estimate of drug-likeness (QED) is 0.420. The maximum Gasteiger partial charge on any atom is 0.323 e. The number of benzene rings is 3. The van der Waals surface area contributed by atoms with Gasteiger partial charge in [0.1, 0.15) is 5.82 Å². The molecular weight excluding hydrogens is 387 g/mol. The Morgan fingerprint density at radius 2 is 1.37 bits per heavy atom. The van der Waals surface area contributed by atoms with Gasteiger partial charge in [-0.2, -0.15) is 0 Å². The van der Waals surface area contributed by atoms with E-state index >= 15 is 0 Å². The van der Waals surface area contributed by atoms with Gasteiger partial charge in [-0.1, -0.05) is 36.4 Å². The average molecular weight is 408 g/mol. The Balaban J connectivity index is 1.50. The topological polar surface area (TPSA) is 102 Å². The zero-order chi connectivity index (χ0) is 21.3. The fraction of sp³-hybridized carbons (Fsp3) is 0.0909. The summed E-state index contributed by atoms with van der Waals surface area (Å²) in [5.41, 5.74) is 1.96. The van der Waals surface area contributed by atoms with E-state index in [0.717, 1.165) is 0 Å². The highest BCUT2D eigenvalue weighted by atomic mass is 19.1. The van der Waals surface area contributed by atoms with Gasteiger partial charge in [0.25, 0.3) is 0 Å². The number of hydrogen-bond acceptors (Lipinski definition) is 3. The first kappa shape index (κ1) is 20.8. The largest absolute Gasteiger partial charge is 0.387 e. The van der Waals surface area contributed by atoms with E-state index in [1.807, 2.05) is 18.2 Å². The molecule has 0 bridgehead atoms. The van der Waals surface area contributed by atoms with Crippen molar-refractivity contribution in [1.82, 2.24) is 5.32 Å². The first-order valence-corrected chi connectivity index (χ1v) is 9.21. The summed E-state index contributed by atoms with van der Waals surface area (Å²) in [6, 6.07) is 20.2. The molecule has 7 nitrogen and oxygen atoms in total. The van der Waals surface area contributed by atoms with Crippen molar-refractivity contribution in [1.29, 1.82) is 0 Å². The van der Waals surface area contributed by atoms with E-state index < -0.39 is 24.0 Å². The number of carbonyl (C=O) groups is 2. The van der Waals surface area contributed by atoms with Crippen LogP contribution in [0.25, 0.3) is 0 Å². The SMILES string of the molecule is O=C(NCC(O)c1cccc(F)c1)Nc1cccc(NC(=O)Nc2ccccc2)c1. The van der Waals surface area contributed by atoms with Gasteiger partial charge in [-0.25, -0.2) is 14.0 Å². The van der Waals surface area contributed by atoms with Crippen LogP contribution in [0.2, 0.25) is 0 Å². The predicted molar refractivity (Wildman–Crippen MR) is 114 cm³/mol. The van der Waals surface area contributed by atoms with Crippen molar-refractivity contribution in [2.24, 2.45) is 0 Å². The van der Waals surface area contributed by atoms with Crippen molar-refractivity contribution in [3.63, 3.8) is 0 Å². The van der Waals surface area contributed by atoms with E-state index in [1.165, 1.54) is 18.2 Å². The molecule has 0 spiro atoms. The van der Waals surface area contributed by atoms with Crippen LogP contribution >= 0.6 is 0 Å². The second-order valence-electron chi connectivity index (χ2n) is 6.43. The minimum absolute atomic E-state index is 0.0906. The zero-order valence-electron chi connectivity index (χ0n) is 15.9. The Hall–Kier alpha value is -3.91. The number of anilines is 3. The molecule has 0 aliphatic carbocycles. The third-order valence-electron chi connectivity index (χ3n) is 4.10. The summed E-state index contributed by atoms with van der Waals surface area (Å²) < 4.78 is 13.2. The number of carbonyl (C=O) groups excluding carboxylic acids is 2. The molecule has 8 heteroatoms. The molecule has 5 N–H and O–H groups in total. The summed E-state index contributed by atoms with van der Waals surface area (Å²) in [6.07, 6.45) is -1.04. The molecule has 0 radical (unpaired) electrons. The van der Waals surface area contributed by atoms with E-state index in [2.05, 4.69) is 21.3 Å². The van der Waals surface area contributed by atoms with Gasteiger partial charge >= 0.3 is 12.1 Å². The van der Waals surface area contributed by atoms with Crippen molar-refractivity contribution < 1.29 is 19.1 Å². The number of amides is 4. The average Bonchev–Trinajstić information content (AvgIpc) is 2.73. The Morgan fingerprint density at radius 3 is 2.07 bits per heavy atom. The maximum atomic E-state index is 13.2. The molecule has 0 heterocycles. The molecule has 3 aromatic rings. The molecule has 30 heavy (non-hydrogen) atoms. The molecule has 0 fully saturated rings. The van der Waals surface area contributed by atoms with Crippen LogP contribution < -0.4 is 21.3 Å². The van der Waals surface area contributed by atoms with Gasteiger partial charge in [0, 0.05) is 23.6 Å². The second kappa shape index (κ2) is 10.0. The number of aliphatic hydroxyl groups excluding tert-OH is 1. The molecule has 4 amide bonds. The van der Waals surface area contributed by atoms with Crippen LogP contribution in [0.1, 0.15) is 11.7 Å². The Morgan fingerprint density at radius 1 is 0.767 bits per heavy atom. The molecule has 0 saturated heterocycles. The van der Waals surface area contributed by atoms with E-state index in [4.69, 9.17) is 0 Å².